The lowest BCUT2D eigenvalue weighted by molar-refractivity contribution is -0.378. The standard InChI is InChI=1S/C53H90O21/c1-23(2)10-9-14-50(5,45-41(65)38(62)37(61)29(69-45)22-68-46-42(66)36(60)28(21-56)70-46)24-11-16-53(8)33(24)25(57)18-31-51(6)15-13-32(49(3,4)30(51)12-17-52(31,53)7)73-48-44(40(64)35(59)27(20-55)72-48)74-47-43(67)39(63)34(58)26(19-54)71-47/h9-10,23-48,54-67H,11-22H2,1-8H3/b10-9-/t24-,25+,26+,27+,28-,29+,30-,31+,32-,33-,34+,35+,36-,37+,38-,39-,40-,41+,42+,43+,44+,45+,46+,47-,48-,50-,51-,52+,53+/m0/s1. The van der Waals surface area contributed by atoms with Crippen LogP contribution in [-0.4, -0.2) is 227 Å². The topological polar surface area (TPSA) is 348 Å². The van der Waals surface area contributed by atoms with Crippen molar-refractivity contribution in [3.63, 3.8) is 0 Å². The van der Waals surface area contributed by atoms with E-state index in [9.17, 15) is 71.5 Å². The van der Waals surface area contributed by atoms with Crippen molar-refractivity contribution in [1.29, 1.82) is 0 Å². The first-order valence-electron chi connectivity index (χ1n) is 27.2. The summed E-state index contributed by atoms with van der Waals surface area (Å²) in [5, 5.41) is 152. The van der Waals surface area contributed by atoms with Crippen LogP contribution in [0.1, 0.15) is 107 Å². The number of hydrogen-bond acceptors (Lipinski definition) is 21. The van der Waals surface area contributed by atoms with Gasteiger partial charge >= 0.3 is 0 Å². The molecule has 4 aliphatic heterocycles. The van der Waals surface area contributed by atoms with Gasteiger partial charge in [-0.25, -0.2) is 0 Å². The van der Waals surface area contributed by atoms with Crippen molar-refractivity contribution >= 4 is 0 Å². The highest BCUT2D eigenvalue weighted by Gasteiger charge is 2.73. The molecule has 428 valence electrons. The summed E-state index contributed by atoms with van der Waals surface area (Å²) in [5.74, 6) is -0.182. The Bertz CT molecular complexity index is 1910. The molecule has 8 rings (SSSR count). The van der Waals surface area contributed by atoms with E-state index in [2.05, 4.69) is 60.6 Å². The Morgan fingerprint density at radius 1 is 0.568 bits per heavy atom. The van der Waals surface area contributed by atoms with Gasteiger partial charge in [0.05, 0.1) is 44.7 Å². The maximum absolute atomic E-state index is 12.9. The van der Waals surface area contributed by atoms with Gasteiger partial charge in [-0.05, 0) is 103 Å². The van der Waals surface area contributed by atoms with Crippen molar-refractivity contribution < 1.29 is 105 Å². The number of allylic oxidation sites excluding steroid dienone is 2. The van der Waals surface area contributed by atoms with E-state index < -0.39 is 165 Å². The Kier molecular flexibility index (Phi) is 17.6. The second-order valence-electron chi connectivity index (χ2n) is 25.4. The molecule has 0 aromatic heterocycles. The first-order valence-corrected chi connectivity index (χ1v) is 27.2. The Balaban J connectivity index is 1.03. The van der Waals surface area contributed by atoms with Crippen LogP contribution in [-0.2, 0) is 33.2 Å². The van der Waals surface area contributed by atoms with Crippen LogP contribution in [0.4, 0.5) is 0 Å². The summed E-state index contributed by atoms with van der Waals surface area (Å²) in [6.07, 6.45) is -20.0. The third kappa shape index (κ3) is 9.81. The Morgan fingerprint density at radius 2 is 1.11 bits per heavy atom. The average molecular weight is 1060 g/mol. The molecule has 4 saturated carbocycles. The van der Waals surface area contributed by atoms with E-state index in [-0.39, 0.29) is 47.0 Å². The van der Waals surface area contributed by atoms with Gasteiger partial charge in [0.15, 0.2) is 18.9 Å². The smallest absolute Gasteiger partial charge is 0.187 e. The highest BCUT2D eigenvalue weighted by atomic mass is 16.8. The third-order valence-corrected chi connectivity index (χ3v) is 20.8. The van der Waals surface area contributed by atoms with Crippen LogP contribution >= 0.6 is 0 Å². The molecule has 29 atom stereocenters. The molecule has 8 fully saturated rings. The molecule has 0 bridgehead atoms. The fourth-order valence-electron chi connectivity index (χ4n) is 16.4. The van der Waals surface area contributed by atoms with Gasteiger partial charge in [0, 0.05) is 5.41 Å². The van der Waals surface area contributed by atoms with E-state index in [1.165, 1.54) is 0 Å². The van der Waals surface area contributed by atoms with Gasteiger partial charge in [-0.2, -0.15) is 0 Å². The van der Waals surface area contributed by atoms with Gasteiger partial charge in [0.25, 0.3) is 0 Å². The maximum atomic E-state index is 12.9. The molecule has 14 N–H and O–H groups in total. The Morgan fingerprint density at radius 3 is 1.73 bits per heavy atom. The average Bonchev–Trinajstić information content (AvgIpc) is 3.87. The molecule has 0 spiro atoms. The summed E-state index contributed by atoms with van der Waals surface area (Å²) in [5.41, 5.74) is -2.46. The molecule has 0 aromatic carbocycles. The van der Waals surface area contributed by atoms with Crippen LogP contribution in [0, 0.1) is 56.7 Å². The van der Waals surface area contributed by atoms with E-state index >= 15 is 0 Å². The molecule has 21 heteroatoms. The maximum Gasteiger partial charge on any atom is 0.187 e. The minimum absolute atomic E-state index is 0.0479. The van der Waals surface area contributed by atoms with Crippen LogP contribution in [0.3, 0.4) is 0 Å². The first kappa shape index (κ1) is 59.0. The summed E-state index contributed by atoms with van der Waals surface area (Å²) in [6.45, 7) is 15.1. The minimum Gasteiger partial charge on any atom is -0.394 e. The monoisotopic (exact) mass is 1060 g/mol. The quantitative estimate of drug-likeness (QED) is 0.0660. The first-order chi connectivity index (χ1) is 34.7. The van der Waals surface area contributed by atoms with Crippen molar-refractivity contribution in [2.45, 2.75) is 235 Å². The van der Waals surface area contributed by atoms with E-state index in [1.807, 2.05) is 6.92 Å². The zero-order valence-corrected chi connectivity index (χ0v) is 44.3. The number of aliphatic hydroxyl groups is 14. The van der Waals surface area contributed by atoms with Crippen molar-refractivity contribution in [3.8, 4) is 0 Å². The summed E-state index contributed by atoms with van der Waals surface area (Å²) < 4.78 is 42.5. The van der Waals surface area contributed by atoms with Crippen LogP contribution in [0.25, 0.3) is 0 Å². The SMILES string of the molecule is CC(C)/C=C\C[C@](C)([C@@H]1O[C@H](CO[C@@H]2O[C@@H](CO)[C@H](O)[C@H]2O)[C@@H](O)[C@H](O)[C@H]1O)[C@H]1CC[C@]2(C)[C@@H]1[C@H](O)C[C@@H]1[C@@]3(C)CC[C@H](O[C@@H]4O[C@H](CO)[C@@H](O)[C@H](O)[C@H]4O[C@@H]4O[C@H](CO)[C@@H](O)[C@H](O)[C@H]4O)C(C)(C)[C@@H]3CC[C@]12C. The molecule has 4 aliphatic carbocycles. The van der Waals surface area contributed by atoms with Gasteiger partial charge < -0.3 is 105 Å². The number of ether oxygens (including phenoxy) is 7. The van der Waals surface area contributed by atoms with Gasteiger partial charge in [-0.1, -0.05) is 67.5 Å². The lowest BCUT2D eigenvalue weighted by atomic mass is 9.35. The van der Waals surface area contributed by atoms with E-state index in [1.54, 1.807) is 0 Å². The van der Waals surface area contributed by atoms with E-state index in [0.717, 1.165) is 19.3 Å². The number of hydrogen-bond donors (Lipinski definition) is 14. The molecule has 4 heterocycles. The number of rotatable bonds is 15. The Labute approximate surface area is 434 Å². The van der Waals surface area contributed by atoms with Crippen molar-refractivity contribution in [2.24, 2.45) is 56.7 Å². The summed E-state index contributed by atoms with van der Waals surface area (Å²) in [7, 11) is 0. The fourth-order valence-corrected chi connectivity index (χ4v) is 16.4. The van der Waals surface area contributed by atoms with Crippen molar-refractivity contribution in [3.05, 3.63) is 12.2 Å². The molecule has 74 heavy (non-hydrogen) atoms. The lowest BCUT2D eigenvalue weighted by Crippen LogP contribution is -2.68. The highest BCUT2D eigenvalue weighted by molar-refractivity contribution is 5.21. The van der Waals surface area contributed by atoms with Gasteiger partial charge in [0.2, 0.25) is 0 Å². The third-order valence-electron chi connectivity index (χ3n) is 20.8. The largest absolute Gasteiger partial charge is 0.394 e. The van der Waals surface area contributed by atoms with Crippen LogP contribution in [0.2, 0.25) is 0 Å². The molecule has 4 saturated heterocycles. The summed E-state index contributed by atoms with van der Waals surface area (Å²) in [4.78, 5) is 0. The van der Waals surface area contributed by atoms with Crippen LogP contribution < -0.4 is 0 Å². The molecule has 21 nitrogen and oxygen atoms in total. The highest BCUT2D eigenvalue weighted by Crippen LogP contribution is 2.77. The normalized spacial score (nSPS) is 53.4. The molecular formula is C53H90O21. The molecule has 0 unspecified atom stereocenters. The molecule has 0 aromatic rings. The number of fused-ring (bicyclic) bond motifs is 5. The zero-order valence-electron chi connectivity index (χ0n) is 44.3. The van der Waals surface area contributed by atoms with Gasteiger partial charge in [0.1, 0.15) is 91.6 Å². The predicted octanol–water partition coefficient (Wildman–Crippen LogP) is -1.43. The van der Waals surface area contributed by atoms with E-state index in [4.69, 9.17) is 33.2 Å². The van der Waals surface area contributed by atoms with Crippen molar-refractivity contribution in [1.82, 2.24) is 0 Å². The number of aliphatic hydroxyl groups excluding tert-OH is 14. The second-order valence-corrected chi connectivity index (χ2v) is 25.4. The summed E-state index contributed by atoms with van der Waals surface area (Å²) >= 11 is 0. The van der Waals surface area contributed by atoms with Gasteiger partial charge in [-0.15, -0.1) is 0 Å². The fraction of sp³-hybridized carbons (Fsp3) is 0.962. The zero-order chi connectivity index (χ0) is 54.4. The summed E-state index contributed by atoms with van der Waals surface area (Å²) in [6, 6.07) is 0. The van der Waals surface area contributed by atoms with Crippen LogP contribution in [0.15, 0.2) is 12.2 Å². The molecular weight excluding hydrogens is 973 g/mol. The second kappa shape index (κ2) is 22.1. The lowest BCUT2D eigenvalue weighted by Gasteiger charge is -2.71. The molecule has 0 radical (unpaired) electrons. The Hall–Kier alpha value is -1.10. The predicted molar refractivity (Wildman–Crippen MR) is 259 cm³/mol. The molecule has 0 amide bonds. The van der Waals surface area contributed by atoms with E-state index in [0.29, 0.717) is 32.1 Å². The van der Waals surface area contributed by atoms with Crippen molar-refractivity contribution in [2.75, 3.05) is 26.4 Å². The van der Waals surface area contributed by atoms with Crippen LogP contribution in [0.5, 0.6) is 0 Å². The minimum atomic E-state index is -1.81. The van der Waals surface area contributed by atoms with Gasteiger partial charge in [-0.3, -0.25) is 0 Å². The molecule has 8 aliphatic rings.